The highest BCUT2D eigenvalue weighted by molar-refractivity contribution is 8.26. The highest BCUT2D eigenvalue weighted by Gasteiger charge is 2.31. The third kappa shape index (κ3) is 7.36. The molecule has 1 aliphatic heterocycles. The Labute approximate surface area is 218 Å². The Balaban J connectivity index is 1.55. The van der Waals surface area contributed by atoms with Crippen LogP contribution in [0.25, 0.3) is 6.08 Å². The van der Waals surface area contributed by atoms with E-state index in [9.17, 15) is 4.79 Å². The minimum Gasteiger partial charge on any atom is -0.493 e. The van der Waals surface area contributed by atoms with Crippen LogP contribution in [0.2, 0.25) is 0 Å². The fourth-order valence-electron chi connectivity index (χ4n) is 3.50. The molecule has 1 saturated heterocycles. The van der Waals surface area contributed by atoms with Crippen molar-refractivity contribution in [2.75, 3.05) is 26.4 Å². The van der Waals surface area contributed by atoms with Crippen molar-refractivity contribution in [3.05, 3.63) is 71.2 Å². The number of carbonyl (C=O) groups is 1. The fourth-order valence-corrected chi connectivity index (χ4v) is 4.77. The molecule has 2 aromatic carbocycles. The van der Waals surface area contributed by atoms with Crippen molar-refractivity contribution in [3.8, 4) is 17.2 Å². The first kappa shape index (κ1) is 26.8. The molecule has 0 aromatic heterocycles. The number of thiocarbonyl (C=S) groups is 1. The maximum Gasteiger partial charge on any atom is 0.266 e. The molecule has 1 heterocycles. The molecule has 0 aliphatic carbocycles. The lowest BCUT2D eigenvalue weighted by atomic mass is 9.99. The molecule has 1 unspecified atom stereocenters. The van der Waals surface area contributed by atoms with Crippen LogP contribution in [0.1, 0.15) is 50.7 Å². The lowest BCUT2D eigenvalue weighted by Crippen LogP contribution is -2.27. The number of rotatable bonds is 13. The number of carbonyl (C=O) groups excluding carboxylic acids is 1. The summed E-state index contributed by atoms with van der Waals surface area (Å²) in [6.45, 7) is 12.0. The molecule has 1 fully saturated rings. The van der Waals surface area contributed by atoms with Crippen molar-refractivity contribution in [1.82, 2.24) is 4.90 Å². The molecule has 3 rings (SSSR count). The second kappa shape index (κ2) is 13.4. The standard InChI is InChI=1S/C28H33NO4S2/c1-5-15-29-27(30)26(35-28(29)34)19-21-9-14-24(25(18-21)31-7-3)33-17-8-16-32-23-12-10-22(11-13-23)20(4)6-2/h5,9-14,18-20H,1,6-8,15-17H2,2-4H3/b26-19-. The zero-order valence-electron chi connectivity index (χ0n) is 20.6. The molecule has 5 nitrogen and oxygen atoms in total. The van der Waals surface area contributed by atoms with E-state index in [4.69, 9.17) is 26.4 Å². The zero-order valence-corrected chi connectivity index (χ0v) is 22.3. The van der Waals surface area contributed by atoms with Gasteiger partial charge in [0, 0.05) is 13.0 Å². The number of benzene rings is 2. The van der Waals surface area contributed by atoms with Crippen LogP contribution in [0, 0.1) is 0 Å². The zero-order chi connectivity index (χ0) is 25.2. The molecule has 2 aromatic rings. The van der Waals surface area contributed by atoms with Gasteiger partial charge in [0.05, 0.1) is 24.7 Å². The van der Waals surface area contributed by atoms with E-state index in [1.54, 1.807) is 11.0 Å². The molecule has 0 saturated carbocycles. The van der Waals surface area contributed by atoms with Crippen LogP contribution in [0.15, 0.2) is 60.0 Å². The first-order chi connectivity index (χ1) is 17.0. The van der Waals surface area contributed by atoms with Gasteiger partial charge in [0.25, 0.3) is 5.91 Å². The first-order valence-electron chi connectivity index (χ1n) is 12.0. The summed E-state index contributed by atoms with van der Waals surface area (Å²) in [6, 6.07) is 14.0. The van der Waals surface area contributed by atoms with Crippen molar-refractivity contribution < 1.29 is 19.0 Å². The summed E-state index contributed by atoms with van der Waals surface area (Å²) in [7, 11) is 0. The topological polar surface area (TPSA) is 48.0 Å². The SMILES string of the molecule is C=CCN1C(=O)/C(=C/c2ccc(OCCCOc3ccc(C(C)CC)cc3)c(OCC)c2)SC1=S. The molecule has 186 valence electrons. The van der Waals surface area contributed by atoms with Gasteiger partial charge in [-0.1, -0.05) is 62.1 Å². The molecule has 1 aliphatic rings. The van der Waals surface area contributed by atoms with Gasteiger partial charge < -0.3 is 14.2 Å². The summed E-state index contributed by atoms with van der Waals surface area (Å²) >= 11 is 6.61. The fraction of sp³-hybridized carbons (Fsp3) is 0.357. The van der Waals surface area contributed by atoms with E-state index in [0.717, 1.165) is 24.2 Å². The maximum absolute atomic E-state index is 12.6. The summed E-state index contributed by atoms with van der Waals surface area (Å²) < 4.78 is 18.2. The number of nitrogens with zero attached hydrogens (tertiary/aromatic N) is 1. The van der Waals surface area contributed by atoms with Gasteiger partial charge in [0.1, 0.15) is 10.1 Å². The smallest absolute Gasteiger partial charge is 0.266 e. The number of amides is 1. The van der Waals surface area contributed by atoms with Gasteiger partial charge in [0.2, 0.25) is 0 Å². The molecule has 0 bridgehead atoms. The number of thioether (sulfide) groups is 1. The predicted molar refractivity (Wildman–Crippen MR) is 148 cm³/mol. The summed E-state index contributed by atoms with van der Waals surface area (Å²) in [6.07, 6.45) is 5.36. The Bertz CT molecular complexity index is 1070. The van der Waals surface area contributed by atoms with E-state index in [1.165, 1.54) is 17.3 Å². The van der Waals surface area contributed by atoms with Gasteiger partial charge >= 0.3 is 0 Å². The van der Waals surface area contributed by atoms with Gasteiger partial charge in [-0.3, -0.25) is 9.69 Å². The van der Waals surface area contributed by atoms with Crippen molar-refractivity contribution in [1.29, 1.82) is 0 Å². The normalized spacial score (nSPS) is 15.4. The van der Waals surface area contributed by atoms with Crippen LogP contribution in [0.5, 0.6) is 17.2 Å². The van der Waals surface area contributed by atoms with Gasteiger partial charge in [-0.15, -0.1) is 6.58 Å². The van der Waals surface area contributed by atoms with E-state index in [-0.39, 0.29) is 5.91 Å². The third-order valence-electron chi connectivity index (χ3n) is 5.63. The minimum absolute atomic E-state index is 0.104. The number of hydrogen-bond acceptors (Lipinski definition) is 6. The largest absolute Gasteiger partial charge is 0.493 e. The van der Waals surface area contributed by atoms with E-state index in [1.807, 2.05) is 43.3 Å². The van der Waals surface area contributed by atoms with Crippen LogP contribution < -0.4 is 14.2 Å². The van der Waals surface area contributed by atoms with Crippen LogP contribution in [0.3, 0.4) is 0 Å². The van der Waals surface area contributed by atoms with E-state index in [0.29, 0.717) is 53.0 Å². The van der Waals surface area contributed by atoms with Gasteiger partial charge in [-0.25, -0.2) is 0 Å². The monoisotopic (exact) mass is 511 g/mol. The van der Waals surface area contributed by atoms with E-state index >= 15 is 0 Å². The van der Waals surface area contributed by atoms with Crippen molar-refractivity contribution in [3.63, 3.8) is 0 Å². The molecule has 1 atom stereocenters. The van der Waals surface area contributed by atoms with Crippen LogP contribution in [-0.4, -0.2) is 41.5 Å². The summed E-state index contributed by atoms with van der Waals surface area (Å²) in [5, 5.41) is 0. The van der Waals surface area contributed by atoms with E-state index in [2.05, 4.69) is 32.6 Å². The minimum atomic E-state index is -0.104. The Morgan fingerprint density at radius 2 is 1.80 bits per heavy atom. The van der Waals surface area contributed by atoms with Crippen molar-refractivity contribution in [2.45, 2.75) is 39.5 Å². The predicted octanol–water partition coefficient (Wildman–Crippen LogP) is 6.83. The molecular formula is C28H33NO4S2. The lowest BCUT2D eigenvalue weighted by Gasteiger charge is -2.13. The Hall–Kier alpha value is -2.77. The maximum atomic E-state index is 12.6. The molecule has 0 radical (unpaired) electrons. The molecule has 0 N–H and O–H groups in total. The summed E-state index contributed by atoms with van der Waals surface area (Å²) in [5.41, 5.74) is 2.18. The molecule has 35 heavy (non-hydrogen) atoms. The number of hydrogen-bond donors (Lipinski definition) is 0. The Morgan fingerprint density at radius 3 is 2.49 bits per heavy atom. The Morgan fingerprint density at radius 1 is 1.06 bits per heavy atom. The second-order valence-corrected chi connectivity index (χ2v) is 9.82. The van der Waals surface area contributed by atoms with Crippen LogP contribution in [0.4, 0.5) is 0 Å². The lowest BCUT2D eigenvalue weighted by molar-refractivity contribution is -0.121. The molecule has 1 amide bonds. The molecular weight excluding hydrogens is 478 g/mol. The number of ether oxygens (including phenoxy) is 3. The van der Waals surface area contributed by atoms with Crippen LogP contribution >= 0.6 is 24.0 Å². The third-order valence-corrected chi connectivity index (χ3v) is 7.00. The van der Waals surface area contributed by atoms with Gasteiger partial charge in [-0.2, -0.15) is 0 Å². The summed E-state index contributed by atoms with van der Waals surface area (Å²) in [4.78, 5) is 14.7. The summed E-state index contributed by atoms with van der Waals surface area (Å²) in [5.74, 6) is 2.63. The Kier molecular flexibility index (Phi) is 10.2. The average Bonchev–Trinajstić information content (AvgIpc) is 3.12. The highest BCUT2D eigenvalue weighted by atomic mass is 32.2. The first-order valence-corrected chi connectivity index (χ1v) is 13.2. The van der Waals surface area contributed by atoms with Crippen molar-refractivity contribution in [2.24, 2.45) is 0 Å². The van der Waals surface area contributed by atoms with Crippen LogP contribution in [-0.2, 0) is 4.79 Å². The molecule has 0 spiro atoms. The van der Waals surface area contributed by atoms with Gasteiger partial charge in [-0.05, 0) is 60.7 Å². The van der Waals surface area contributed by atoms with E-state index < -0.39 is 0 Å². The molecule has 7 heteroatoms. The quantitative estimate of drug-likeness (QED) is 0.127. The van der Waals surface area contributed by atoms with Crippen molar-refractivity contribution >= 4 is 40.3 Å². The highest BCUT2D eigenvalue weighted by Crippen LogP contribution is 2.35. The second-order valence-electron chi connectivity index (χ2n) is 8.15. The average molecular weight is 512 g/mol. The van der Waals surface area contributed by atoms with Gasteiger partial charge in [0.15, 0.2) is 11.5 Å².